The van der Waals surface area contributed by atoms with Crippen molar-refractivity contribution in [2.24, 2.45) is 5.41 Å². The number of nitrogens with one attached hydrogen (secondary N) is 1. The Balaban J connectivity index is 2.19. The summed E-state index contributed by atoms with van der Waals surface area (Å²) in [6.07, 6.45) is 7.06. The van der Waals surface area contributed by atoms with Gasteiger partial charge in [0.15, 0.2) is 9.84 Å². The van der Waals surface area contributed by atoms with Crippen LogP contribution in [0.2, 0.25) is 0 Å². The predicted octanol–water partition coefficient (Wildman–Crippen LogP) is 6.43. The fourth-order valence-corrected chi connectivity index (χ4v) is 7.60. The van der Waals surface area contributed by atoms with Crippen molar-refractivity contribution in [1.82, 2.24) is 5.32 Å². The molecule has 2 aromatic rings. The average molecular weight is 589 g/mol. The molecule has 0 aromatic heterocycles. The van der Waals surface area contributed by atoms with E-state index >= 15 is 0 Å². The van der Waals surface area contributed by atoms with Gasteiger partial charge in [-0.05, 0) is 70.2 Å². The number of nitrogens with zero attached hydrogens (tertiary/aromatic N) is 1. The van der Waals surface area contributed by atoms with E-state index in [2.05, 4.69) is 12.2 Å². The summed E-state index contributed by atoms with van der Waals surface area (Å²) < 4.78 is 33.5. The molecule has 0 fully saturated rings. The van der Waals surface area contributed by atoms with Crippen LogP contribution in [0.15, 0.2) is 58.5 Å². The molecule has 40 heavy (non-hydrogen) atoms. The van der Waals surface area contributed by atoms with Crippen LogP contribution in [0.5, 0.6) is 5.75 Å². The number of hydrogen-bond acceptors (Lipinski definition) is 7. The number of carboxylic acids is 1. The number of hydrogen-bond donors (Lipinski definition) is 2. The minimum Gasteiger partial charge on any atom is -0.478 e. The van der Waals surface area contributed by atoms with Crippen LogP contribution in [0.3, 0.4) is 0 Å². The first-order valence-electron chi connectivity index (χ1n) is 13.5. The molecule has 1 heterocycles. The van der Waals surface area contributed by atoms with Gasteiger partial charge >= 0.3 is 5.97 Å². The van der Waals surface area contributed by atoms with Gasteiger partial charge in [0.1, 0.15) is 5.75 Å². The van der Waals surface area contributed by atoms with Crippen LogP contribution in [0.25, 0.3) is 0 Å². The third-order valence-corrected chi connectivity index (χ3v) is 9.76. The van der Waals surface area contributed by atoms with Crippen molar-refractivity contribution in [2.75, 3.05) is 23.5 Å². The van der Waals surface area contributed by atoms with Crippen molar-refractivity contribution in [3.05, 3.63) is 54.3 Å². The summed E-state index contributed by atoms with van der Waals surface area (Å²) in [4.78, 5) is 26.6. The SMILES string of the molecule is CCCCC1(CC)CN(c2ccc(C(=O)NC(C)(C)C)cc2)c2cc(SC)c(OC=CC(=O)O)cc2S(=O)(=O)C1. The second-order valence-corrected chi connectivity index (χ2v) is 14.1. The van der Waals surface area contributed by atoms with Gasteiger partial charge in [0, 0.05) is 34.8 Å². The molecule has 2 aromatic carbocycles. The van der Waals surface area contributed by atoms with E-state index in [9.17, 15) is 18.0 Å². The second kappa shape index (κ2) is 12.7. The average Bonchev–Trinajstić information content (AvgIpc) is 2.98. The number of aliphatic carboxylic acids is 1. The number of ether oxygens (including phenoxy) is 1. The second-order valence-electron chi connectivity index (χ2n) is 11.3. The van der Waals surface area contributed by atoms with Crippen LogP contribution in [-0.4, -0.2) is 49.5 Å². The number of carbonyl (C=O) groups excluding carboxylic acids is 1. The van der Waals surface area contributed by atoms with Gasteiger partial charge in [-0.2, -0.15) is 0 Å². The van der Waals surface area contributed by atoms with Crippen molar-refractivity contribution in [3.8, 4) is 5.75 Å². The van der Waals surface area contributed by atoms with Crippen LogP contribution >= 0.6 is 11.8 Å². The van der Waals surface area contributed by atoms with Crippen LogP contribution in [0.1, 0.15) is 70.7 Å². The molecular weight excluding hydrogens is 548 g/mol. The van der Waals surface area contributed by atoms with Crippen molar-refractivity contribution in [1.29, 1.82) is 0 Å². The van der Waals surface area contributed by atoms with E-state index in [1.807, 2.05) is 51.0 Å². The highest BCUT2D eigenvalue weighted by Crippen LogP contribution is 2.47. The fourth-order valence-electron chi connectivity index (χ4n) is 4.88. The highest BCUT2D eigenvalue weighted by Gasteiger charge is 2.42. The smallest absolute Gasteiger partial charge is 0.331 e. The molecule has 0 saturated carbocycles. The molecule has 1 atom stereocenters. The van der Waals surface area contributed by atoms with Gasteiger partial charge in [-0.3, -0.25) is 4.79 Å². The lowest BCUT2D eigenvalue weighted by atomic mass is 9.81. The molecule has 1 amide bonds. The van der Waals surface area contributed by atoms with Gasteiger partial charge in [0.05, 0.1) is 33.6 Å². The number of rotatable bonds is 10. The van der Waals surface area contributed by atoms with Crippen LogP contribution in [0.4, 0.5) is 11.4 Å². The van der Waals surface area contributed by atoms with Crippen molar-refractivity contribution < 1.29 is 27.9 Å². The summed E-state index contributed by atoms with van der Waals surface area (Å²) in [5.74, 6) is -1.07. The maximum Gasteiger partial charge on any atom is 0.331 e. The van der Waals surface area contributed by atoms with E-state index in [1.165, 1.54) is 17.8 Å². The minimum absolute atomic E-state index is 0.00487. The number of fused-ring (bicyclic) bond motifs is 1. The molecule has 218 valence electrons. The highest BCUT2D eigenvalue weighted by atomic mass is 32.2. The van der Waals surface area contributed by atoms with E-state index in [4.69, 9.17) is 9.84 Å². The lowest BCUT2D eigenvalue weighted by molar-refractivity contribution is -0.131. The zero-order chi connectivity index (χ0) is 29.7. The first-order chi connectivity index (χ1) is 18.7. The summed E-state index contributed by atoms with van der Waals surface area (Å²) in [7, 11) is -3.74. The first-order valence-corrected chi connectivity index (χ1v) is 16.3. The minimum atomic E-state index is -3.74. The Kier molecular flexibility index (Phi) is 10.0. The summed E-state index contributed by atoms with van der Waals surface area (Å²) >= 11 is 1.38. The van der Waals surface area contributed by atoms with Gasteiger partial charge in [0.25, 0.3) is 5.91 Å². The van der Waals surface area contributed by atoms with Crippen molar-refractivity contribution in [3.63, 3.8) is 0 Å². The topological polar surface area (TPSA) is 113 Å². The summed E-state index contributed by atoms with van der Waals surface area (Å²) in [6, 6.07) is 10.5. The Hall–Kier alpha value is -2.98. The Morgan fingerprint density at radius 3 is 2.40 bits per heavy atom. The molecule has 10 heteroatoms. The Morgan fingerprint density at radius 2 is 1.85 bits per heavy atom. The van der Waals surface area contributed by atoms with Crippen molar-refractivity contribution in [2.45, 2.75) is 75.6 Å². The van der Waals surface area contributed by atoms with Gasteiger partial charge in [-0.15, -0.1) is 11.8 Å². The number of carbonyl (C=O) groups is 2. The summed E-state index contributed by atoms with van der Waals surface area (Å²) in [5.41, 5.74) is 0.985. The normalized spacial score (nSPS) is 18.7. The molecule has 8 nitrogen and oxygen atoms in total. The number of sulfone groups is 1. The quantitative estimate of drug-likeness (QED) is 0.186. The molecular formula is C30H40N2O6S2. The molecule has 2 N–H and O–H groups in total. The van der Waals surface area contributed by atoms with E-state index in [1.54, 1.807) is 18.2 Å². The molecule has 3 rings (SSSR count). The molecule has 1 unspecified atom stereocenters. The van der Waals surface area contributed by atoms with Gasteiger partial charge in [0.2, 0.25) is 0 Å². The number of thioether (sulfide) groups is 1. The molecule has 0 bridgehead atoms. The van der Waals surface area contributed by atoms with Crippen LogP contribution in [-0.2, 0) is 14.6 Å². The zero-order valence-electron chi connectivity index (χ0n) is 24.1. The summed E-state index contributed by atoms with van der Waals surface area (Å²) in [5, 5.41) is 11.9. The molecule has 1 aliphatic rings. The van der Waals surface area contributed by atoms with Gasteiger partial charge in [-0.25, -0.2) is 13.2 Å². The van der Waals surface area contributed by atoms with Gasteiger partial charge < -0.3 is 20.1 Å². The zero-order valence-corrected chi connectivity index (χ0v) is 25.7. The molecule has 0 saturated heterocycles. The molecule has 0 radical (unpaired) electrons. The molecule has 1 aliphatic heterocycles. The van der Waals surface area contributed by atoms with E-state index < -0.39 is 21.2 Å². The predicted molar refractivity (Wildman–Crippen MR) is 161 cm³/mol. The van der Waals surface area contributed by atoms with Crippen LogP contribution < -0.4 is 15.0 Å². The standard InChI is InChI=1S/C30H40N2O6S2/c1-7-9-15-30(8-2)19-32(22-12-10-21(11-13-22)28(35)31-29(3,4)5)23-17-25(39-6)24(38-16-14-27(33)34)18-26(23)40(36,37)20-30/h10-14,16-18H,7-9,15,19-20H2,1-6H3,(H,31,35)(H,33,34). The maximum absolute atomic E-state index is 14.0. The van der Waals surface area contributed by atoms with E-state index in [-0.39, 0.29) is 27.8 Å². The fraction of sp³-hybridized carbons (Fsp3) is 0.467. The number of carboxylic acid groups (broad SMARTS) is 1. The van der Waals surface area contributed by atoms with Crippen LogP contribution in [0, 0.1) is 5.41 Å². The molecule has 0 spiro atoms. The van der Waals surface area contributed by atoms with E-state index in [0.717, 1.165) is 37.3 Å². The monoisotopic (exact) mass is 588 g/mol. The third kappa shape index (κ3) is 7.60. The number of anilines is 2. The maximum atomic E-state index is 14.0. The highest BCUT2D eigenvalue weighted by molar-refractivity contribution is 7.98. The Morgan fingerprint density at radius 1 is 1.18 bits per heavy atom. The largest absolute Gasteiger partial charge is 0.478 e. The first kappa shape index (κ1) is 31.5. The molecule has 0 aliphatic carbocycles. The van der Waals surface area contributed by atoms with Gasteiger partial charge in [-0.1, -0.05) is 26.7 Å². The third-order valence-electron chi connectivity index (χ3n) is 7.01. The van der Waals surface area contributed by atoms with Crippen molar-refractivity contribution >= 4 is 44.9 Å². The lowest BCUT2D eigenvalue weighted by Gasteiger charge is -2.36. The number of benzene rings is 2. The van der Waals surface area contributed by atoms with E-state index in [0.29, 0.717) is 29.1 Å². The summed E-state index contributed by atoms with van der Waals surface area (Å²) in [6.45, 7) is 10.4. The lowest BCUT2D eigenvalue weighted by Crippen LogP contribution is -2.40. The number of amides is 1. The Bertz CT molecular complexity index is 1360. The Labute approximate surface area is 242 Å². The number of unbranched alkanes of at least 4 members (excludes halogenated alkanes) is 1.